The zero-order valence-corrected chi connectivity index (χ0v) is 14.5. The molecule has 0 unspecified atom stereocenters. The molecule has 1 aromatic rings. The van der Waals surface area contributed by atoms with Crippen LogP contribution in [0.15, 0.2) is 12.1 Å². The Labute approximate surface area is 141 Å². The van der Waals surface area contributed by atoms with Crippen LogP contribution in [0.5, 0.6) is 5.75 Å². The molecule has 0 radical (unpaired) electrons. The summed E-state index contributed by atoms with van der Waals surface area (Å²) < 4.78 is 10.8. The van der Waals surface area contributed by atoms with Gasteiger partial charge in [-0.3, -0.25) is 4.79 Å². The molecule has 2 rings (SSSR count). The Bertz CT molecular complexity index is 568. The number of hydrogen-bond donors (Lipinski definition) is 2. The molecule has 0 bridgehead atoms. The van der Waals surface area contributed by atoms with Gasteiger partial charge in [0.15, 0.2) is 0 Å². The van der Waals surface area contributed by atoms with Crippen LogP contribution in [0, 0.1) is 0 Å². The lowest BCUT2D eigenvalue weighted by molar-refractivity contribution is 0.00802. The molecule has 1 fully saturated rings. The Balaban J connectivity index is 2.14. The molecule has 2 atom stereocenters. The first kappa shape index (κ1) is 17.8. The van der Waals surface area contributed by atoms with Gasteiger partial charge in [-0.15, -0.1) is 0 Å². The minimum absolute atomic E-state index is 0.0390. The van der Waals surface area contributed by atoms with Crippen LogP contribution in [-0.2, 0) is 4.74 Å². The first-order valence-electron chi connectivity index (χ1n) is 7.69. The van der Waals surface area contributed by atoms with Crippen LogP contribution in [0.3, 0.4) is 0 Å². The van der Waals surface area contributed by atoms with Gasteiger partial charge in [0, 0.05) is 26.3 Å². The van der Waals surface area contributed by atoms with E-state index in [1.54, 1.807) is 13.2 Å². The number of ether oxygens (including phenoxy) is 2. The van der Waals surface area contributed by atoms with Crippen molar-refractivity contribution in [3.05, 3.63) is 22.7 Å². The third kappa shape index (κ3) is 4.07. The van der Waals surface area contributed by atoms with Crippen LogP contribution < -0.4 is 15.8 Å². The monoisotopic (exact) mass is 341 g/mol. The predicted molar refractivity (Wildman–Crippen MR) is 91.2 cm³/mol. The number of nitrogens with two attached hydrogens (primary N) is 1. The molecule has 1 aliphatic heterocycles. The van der Waals surface area contributed by atoms with Crippen molar-refractivity contribution in [1.82, 2.24) is 10.2 Å². The van der Waals surface area contributed by atoms with Crippen molar-refractivity contribution in [3.8, 4) is 5.75 Å². The summed E-state index contributed by atoms with van der Waals surface area (Å²) in [6.07, 6.45) is 0.797. The maximum absolute atomic E-state index is 12.6. The molecule has 3 N–H and O–H groups in total. The van der Waals surface area contributed by atoms with Gasteiger partial charge < -0.3 is 25.4 Å². The second-order valence-electron chi connectivity index (χ2n) is 5.61. The summed E-state index contributed by atoms with van der Waals surface area (Å²) in [7, 11) is 3.17. The lowest BCUT2D eigenvalue weighted by Gasteiger charge is -2.37. The molecular formula is C16H24ClN3O3. The summed E-state index contributed by atoms with van der Waals surface area (Å²) in [6.45, 7) is 4.83. The molecule has 0 aromatic heterocycles. The van der Waals surface area contributed by atoms with Gasteiger partial charge >= 0.3 is 0 Å². The number of methoxy groups -OCH3 is 2. The first-order chi connectivity index (χ1) is 11.0. The lowest BCUT2D eigenvalue weighted by atomic mass is 10.0. The number of carbonyl (C=O) groups excluding carboxylic acids is 1. The zero-order chi connectivity index (χ0) is 17.0. The van der Waals surface area contributed by atoms with E-state index in [-0.39, 0.29) is 18.1 Å². The van der Waals surface area contributed by atoms with Crippen LogP contribution in [0.1, 0.15) is 23.7 Å². The third-order valence-corrected chi connectivity index (χ3v) is 4.60. The molecule has 6 nitrogen and oxygen atoms in total. The Hall–Kier alpha value is -1.50. The molecule has 1 amide bonds. The zero-order valence-electron chi connectivity index (χ0n) is 13.8. The van der Waals surface area contributed by atoms with Crippen LogP contribution in [0.4, 0.5) is 5.69 Å². The molecule has 1 heterocycles. The number of nitrogen functional groups attached to an aromatic ring is 1. The first-order valence-corrected chi connectivity index (χ1v) is 8.07. The highest BCUT2D eigenvalue weighted by atomic mass is 35.5. The summed E-state index contributed by atoms with van der Waals surface area (Å²) in [4.78, 5) is 14.9. The number of likely N-dealkylation sites (N-methyl/N-ethyl adjacent to an activating group) is 1. The quantitative estimate of drug-likeness (QED) is 0.798. The van der Waals surface area contributed by atoms with E-state index in [0.29, 0.717) is 22.0 Å². The van der Waals surface area contributed by atoms with Gasteiger partial charge in [-0.1, -0.05) is 18.5 Å². The van der Waals surface area contributed by atoms with Gasteiger partial charge in [-0.2, -0.15) is 0 Å². The highest BCUT2D eigenvalue weighted by Crippen LogP contribution is 2.29. The molecular weight excluding hydrogens is 318 g/mol. The molecule has 128 valence electrons. The minimum atomic E-state index is -0.235. The molecule has 1 saturated heterocycles. The number of nitrogens with zero attached hydrogens (tertiary/aromatic N) is 1. The van der Waals surface area contributed by atoms with Crippen molar-refractivity contribution < 1.29 is 14.3 Å². The number of amides is 1. The van der Waals surface area contributed by atoms with E-state index in [9.17, 15) is 4.79 Å². The number of benzene rings is 1. The third-order valence-electron chi connectivity index (χ3n) is 4.27. The molecule has 1 aromatic carbocycles. The maximum atomic E-state index is 12.6. The normalized spacial score (nSPS) is 21.9. The number of nitrogens with one attached hydrogen (secondary N) is 1. The summed E-state index contributed by atoms with van der Waals surface area (Å²) in [5, 5.41) is 3.37. The van der Waals surface area contributed by atoms with Crippen LogP contribution >= 0.6 is 11.6 Å². The maximum Gasteiger partial charge on any atom is 0.255 e. The lowest BCUT2D eigenvalue weighted by Crippen LogP contribution is -2.54. The number of likely N-dealkylation sites (tertiary alicyclic amines) is 1. The summed E-state index contributed by atoms with van der Waals surface area (Å²) in [6, 6.07) is 3.05. The van der Waals surface area contributed by atoms with Gasteiger partial charge in [-0.05, 0) is 19.0 Å². The van der Waals surface area contributed by atoms with Crippen molar-refractivity contribution >= 4 is 23.2 Å². The SMILES string of the molecule is CCN1CC[C@H](NC(=O)c2cc(Cl)c(N)cc2OC)[C@H](OC)C1. The van der Waals surface area contributed by atoms with E-state index in [1.807, 2.05) is 0 Å². The van der Waals surface area contributed by atoms with Gasteiger partial charge in [0.05, 0.1) is 35.5 Å². The highest BCUT2D eigenvalue weighted by Gasteiger charge is 2.30. The number of rotatable bonds is 5. The number of piperidine rings is 1. The Morgan fingerprint density at radius 1 is 1.48 bits per heavy atom. The fourth-order valence-corrected chi connectivity index (χ4v) is 3.00. The van der Waals surface area contributed by atoms with Crippen molar-refractivity contribution in [1.29, 1.82) is 0 Å². The number of halogens is 1. The van der Waals surface area contributed by atoms with E-state index in [0.717, 1.165) is 26.1 Å². The van der Waals surface area contributed by atoms with Crippen molar-refractivity contribution in [3.63, 3.8) is 0 Å². The summed E-state index contributed by atoms with van der Waals surface area (Å²) >= 11 is 6.03. The van der Waals surface area contributed by atoms with E-state index in [4.69, 9.17) is 26.8 Å². The highest BCUT2D eigenvalue weighted by molar-refractivity contribution is 6.33. The summed E-state index contributed by atoms with van der Waals surface area (Å²) in [5.41, 5.74) is 6.51. The smallest absolute Gasteiger partial charge is 0.255 e. The van der Waals surface area contributed by atoms with Crippen LogP contribution in [-0.4, -0.2) is 56.8 Å². The van der Waals surface area contributed by atoms with Crippen LogP contribution in [0.2, 0.25) is 5.02 Å². The topological polar surface area (TPSA) is 76.8 Å². The van der Waals surface area contributed by atoms with Crippen LogP contribution in [0.25, 0.3) is 0 Å². The fourth-order valence-electron chi connectivity index (χ4n) is 2.83. The number of carbonyl (C=O) groups is 1. The molecule has 0 aliphatic carbocycles. The van der Waals surface area contributed by atoms with Crippen molar-refractivity contribution in [2.24, 2.45) is 0 Å². The van der Waals surface area contributed by atoms with Gasteiger partial charge in [0.25, 0.3) is 5.91 Å². The Morgan fingerprint density at radius 2 is 2.22 bits per heavy atom. The molecule has 23 heavy (non-hydrogen) atoms. The predicted octanol–water partition coefficient (Wildman–Crippen LogP) is 1.77. The van der Waals surface area contributed by atoms with E-state index in [2.05, 4.69) is 17.1 Å². The largest absolute Gasteiger partial charge is 0.496 e. The molecule has 1 aliphatic rings. The molecule has 0 saturated carbocycles. The van der Waals surface area contributed by atoms with E-state index < -0.39 is 0 Å². The van der Waals surface area contributed by atoms with E-state index in [1.165, 1.54) is 13.2 Å². The van der Waals surface area contributed by atoms with Gasteiger partial charge in [-0.25, -0.2) is 0 Å². The standard InChI is InChI=1S/C16H24ClN3O3/c1-4-20-6-5-13(15(9-20)23-3)19-16(21)10-7-11(17)12(18)8-14(10)22-2/h7-8,13,15H,4-6,9,18H2,1-3H3,(H,19,21)/t13-,15+/m0/s1. The van der Waals surface area contributed by atoms with Crippen molar-refractivity contribution in [2.75, 3.05) is 39.6 Å². The van der Waals surface area contributed by atoms with Gasteiger partial charge in [0.1, 0.15) is 5.75 Å². The molecule has 0 spiro atoms. The second-order valence-corrected chi connectivity index (χ2v) is 6.02. The number of hydrogen-bond acceptors (Lipinski definition) is 5. The van der Waals surface area contributed by atoms with Crippen molar-refractivity contribution in [2.45, 2.75) is 25.5 Å². The van der Waals surface area contributed by atoms with E-state index >= 15 is 0 Å². The van der Waals surface area contributed by atoms with Gasteiger partial charge in [0.2, 0.25) is 0 Å². The average Bonchev–Trinajstić information content (AvgIpc) is 2.57. The Kier molecular flexibility index (Phi) is 6.10. The molecule has 7 heteroatoms. The summed E-state index contributed by atoms with van der Waals surface area (Å²) in [5.74, 6) is 0.171. The number of anilines is 1. The minimum Gasteiger partial charge on any atom is -0.496 e. The Morgan fingerprint density at radius 3 is 2.83 bits per heavy atom. The average molecular weight is 342 g/mol. The fraction of sp³-hybridized carbons (Fsp3) is 0.562. The second kappa shape index (κ2) is 7.86.